The second-order valence-corrected chi connectivity index (χ2v) is 6.17. The minimum atomic E-state index is -1.13. The van der Waals surface area contributed by atoms with Gasteiger partial charge in [0.1, 0.15) is 6.10 Å². The molecule has 1 unspecified atom stereocenters. The molecule has 1 aromatic rings. The highest BCUT2D eigenvalue weighted by Crippen LogP contribution is 2.09. The maximum atomic E-state index is 11.7. The third-order valence-corrected chi connectivity index (χ3v) is 2.86. The van der Waals surface area contributed by atoms with E-state index in [0.29, 0.717) is 0 Å². The van der Waals surface area contributed by atoms with Crippen LogP contribution in [0.2, 0.25) is 0 Å². The Bertz CT molecular complexity index is 531. The first-order valence-electron chi connectivity index (χ1n) is 7.70. The average Bonchev–Trinajstić information content (AvgIpc) is 2.52. The number of rotatable bonds is 7. The van der Waals surface area contributed by atoms with E-state index in [2.05, 4.69) is 14.8 Å². The van der Waals surface area contributed by atoms with Crippen LogP contribution in [-0.2, 0) is 30.7 Å². The van der Waals surface area contributed by atoms with Crippen LogP contribution in [0.3, 0.4) is 0 Å². The number of ether oxygens (including phenoxy) is 2. The number of benzene rings is 1. The summed E-state index contributed by atoms with van der Waals surface area (Å²) in [5.41, 5.74) is 1.01. The van der Waals surface area contributed by atoms with Crippen LogP contribution >= 0.6 is 0 Å². The highest BCUT2D eigenvalue weighted by molar-refractivity contribution is 5.88. The van der Waals surface area contributed by atoms with E-state index in [4.69, 9.17) is 9.47 Å². The molecule has 134 valence electrons. The molecule has 0 aromatic heterocycles. The van der Waals surface area contributed by atoms with Crippen LogP contribution in [0.5, 0.6) is 0 Å². The van der Waals surface area contributed by atoms with Crippen molar-refractivity contribution in [3.8, 4) is 0 Å². The van der Waals surface area contributed by atoms with E-state index < -0.39 is 18.2 Å². The van der Waals surface area contributed by atoms with Crippen LogP contribution in [0, 0.1) is 0 Å². The molecule has 0 saturated heterocycles. The van der Waals surface area contributed by atoms with Crippen molar-refractivity contribution in [2.45, 2.75) is 52.7 Å². The van der Waals surface area contributed by atoms with Gasteiger partial charge < -0.3 is 9.47 Å². The summed E-state index contributed by atoms with van der Waals surface area (Å²) < 4.78 is 10.3. The van der Waals surface area contributed by atoms with Gasteiger partial charge in [-0.25, -0.2) is 14.5 Å². The van der Waals surface area contributed by atoms with E-state index >= 15 is 0 Å². The molecule has 0 bridgehead atoms. The topological polar surface area (TPSA) is 80.3 Å². The standard InChI is InChI=1S/C17H24O7/c1-6-13-7-9-14(10-8-13)15(18)22-24-23-16(19)21-12(2)11-20-17(3,4)5/h7-10,12H,6,11H2,1-5H3. The molecule has 1 atom stereocenters. The summed E-state index contributed by atoms with van der Waals surface area (Å²) in [4.78, 5) is 31.6. The molecule has 0 radical (unpaired) electrons. The van der Waals surface area contributed by atoms with Gasteiger partial charge in [0.15, 0.2) is 0 Å². The molecule has 0 fully saturated rings. The van der Waals surface area contributed by atoms with Gasteiger partial charge in [-0.2, -0.15) is 0 Å². The molecule has 0 heterocycles. The Balaban J connectivity index is 2.28. The smallest absolute Gasteiger partial charge is 0.427 e. The first-order chi connectivity index (χ1) is 11.2. The van der Waals surface area contributed by atoms with Crippen LogP contribution in [0.1, 0.15) is 50.5 Å². The fourth-order valence-corrected chi connectivity index (χ4v) is 1.59. The van der Waals surface area contributed by atoms with Crippen molar-refractivity contribution in [1.82, 2.24) is 0 Å². The summed E-state index contributed by atoms with van der Waals surface area (Å²) in [7, 11) is 0. The zero-order valence-electron chi connectivity index (χ0n) is 14.7. The van der Waals surface area contributed by atoms with Crippen molar-refractivity contribution in [3.63, 3.8) is 0 Å². The van der Waals surface area contributed by atoms with E-state index in [1.54, 1.807) is 31.2 Å². The Labute approximate surface area is 141 Å². The molecule has 0 aliphatic rings. The molecule has 1 rings (SSSR count). The molecule has 7 nitrogen and oxygen atoms in total. The van der Waals surface area contributed by atoms with Crippen molar-refractivity contribution in [1.29, 1.82) is 0 Å². The molecule has 1 aromatic carbocycles. The summed E-state index contributed by atoms with van der Waals surface area (Å²) in [6, 6.07) is 6.77. The Hall–Kier alpha value is -2.12. The Morgan fingerprint density at radius 3 is 2.25 bits per heavy atom. The van der Waals surface area contributed by atoms with Crippen molar-refractivity contribution in [3.05, 3.63) is 35.4 Å². The molecule has 0 spiro atoms. The lowest BCUT2D eigenvalue weighted by molar-refractivity contribution is -0.453. The second-order valence-electron chi connectivity index (χ2n) is 6.17. The minimum absolute atomic E-state index is 0.197. The predicted octanol–water partition coefficient (Wildman–Crippen LogP) is 3.61. The summed E-state index contributed by atoms with van der Waals surface area (Å²) in [5.74, 6) is -0.783. The summed E-state index contributed by atoms with van der Waals surface area (Å²) in [6.07, 6.45) is -0.815. The maximum absolute atomic E-state index is 11.7. The van der Waals surface area contributed by atoms with E-state index in [1.807, 2.05) is 27.7 Å². The first-order valence-corrected chi connectivity index (χ1v) is 7.70. The normalized spacial score (nSPS) is 12.4. The zero-order chi connectivity index (χ0) is 18.2. The van der Waals surface area contributed by atoms with Gasteiger partial charge in [0.25, 0.3) is 0 Å². The van der Waals surface area contributed by atoms with Crippen LogP contribution in [0.15, 0.2) is 24.3 Å². The summed E-state index contributed by atoms with van der Waals surface area (Å²) >= 11 is 0. The van der Waals surface area contributed by atoms with Gasteiger partial charge in [-0.15, -0.1) is 0 Å². The van der Waals surface area contributed by atoms with Gasteiger partial charge in [0.2, 0.25) is 0 Å². The Morgan fingerprint density at radius 1 is 1.08 bits per heavy atom. The van der Waals surface area contributed by atoms with Gasteiger partial charge in [0, 0.05) is 0 Å². The molecule has 0 N–H and O–H groups in total. The van der Waals surface area contributed by atoms with Gasteiger partial charge in [0.05, 0.1) is 22.8 Å². The predicted molar refractivity (Wildman–Crippen MR) is 85.1 cm³/mol. The quantitative estimate of drug-likeness (QED) is 0.426. The van der Waals surface area contributed by atoms with Gasteiger partial charge >= 0.3 is 12.1 Å². The third-order valence-electron chi connectivity index (χ3n) is 2.86. The largest absolute Gasteiger partial charge is 0.543 e. The molecular weight excluding hydrogens is 316 g/mol. The number of aryl methyl sites for hydroxylation is 1. The number of hydrogen-bond donors (Lipinski definition) is 0. The number of carbonyl (C=O) groups excluding carboxylic acids is 2. The van der Waals surface area contributed by atoms with Crippen molar-refractivity contribution in [2.75, 3.05) is 6.61 Å². The van der Waals surface area contributed by atoms with E-state index in [1.165, 1.54) is 0 Å². The van der Waals surface area contributed by atoms with Crippen molar-refractivity contribution < 1.29 is 33.9 Å². The highest BCUT2D eigenvalue weighted by Gasteiger charge is 2.18. The monoisotopic (exact) mass is 340 g/mol. The molecule has 0 amide bonds. The first kappa shape index (κ1) is 19.9. The fourth-order valence-electron chi connectivity index (χ4n) is 1.59. The van der Waals surface area contributed by atoms with Crippen LogP contribution in [0.4, 0.5) is 4.79 Å². The van der Waals surface area contributed by atoms with Gasteiger partial charge in [-0.05, 0) is 51.8 Å². The summed E-state index contributed by atoms with van der Waals surface area (Å²) in [6.45, 7) is 9.48. The highest BCUT2D eigenvalue weighted by atomic mass is 17.5. The second kappa shape index (κ2) is 9.24. The van der Waals surface area contributed by atoms with Crippen LogP contribution in [0.25, 0.3) is 0 Å². The van der Waals surface area contributed by atoms with Crippen molar-refractivity contribution in [2.24, 2.45) is 0 Å². The fraction of sp³-hybridized carbons (Fsp3) is 0.529. The number of hydrogen-bond acceptors (Lipinski definition) is 7. The lowest BCUT2D eigenvalue weighted by Gasteiger charge is -2.21. The van der Waals surface area contributed by atoms with Crippen molar-refractivity contribution >= 4 is 12.1 Å². The SMILES string of the molecule is CCc1ccc(C(=O)OOOC(=O)OC(C)COC(C)(C)C)cc1. The minimum Gasteiger partial charge on any atom is -0.427 e. The lowest BCUT2D eigenvalue weighted by atomic mass is 10.1. The van der Waals surface area contributed by atoms with Crippen LogP contribution < -0.4 is 0 Å². The lowest BCUT2D eigenvalue weighted by Crippen LogP contribution is -2.28. The molecule has 7 heteroatoms. The summed E-state index contributed by atoms with van der Waals surface area (Å²) in [5, 5.41) is 4.15. The van der Waals surface area contributed by atoms with E-state index in [9.17, 15) is 9.59 Å². The zero-order valence-corrected chi connectivity index (χ0v) is 14.7. The van der Waals surface area contributed by atoms with E-state index in [-0.39, 0.29) is 17.8 Å². The Kier molecular flexibility index (Phi) is 7.67. The van der Waals surface area contributed by atoms with E-state index in [0.717, 1.165) is 12.0 Å². The number of carbonyl (C=O) groups is 2. The molecule has 0 saturated carbocycles. The molecule has 0 aliphatic heterocycles. The third kappa shape index (κ3) is 7.94. The molecule has 0 aliphatic carbocycles. The Morgan fingerprint density at radius 2 is 1.71 bits per heavy atom. The van der Waals surface area contributed by atoms with Gasteiger partial charge in [-0.1, -0.05) is 19.1 Å². The molecule has 24 heavy (non-hydrogen) atoms. The maximum Gasteiger partial charge on any atom is 0.543 e. The average molecular weight is 340 g/mol. The molecular formula is C17H24O7. The van der Waals surface area contributed by atoms with Gasteiger partial charge in [-0.3, -0.25) is 4.89 Å². The van der Waals surface area contributed by atoms with Crippen LogP contribution in [-0.4, -0.2) is 30.4 Å².